The standard InChI is InChI=1S/C30H34N2O6/c1-6-36-29(35)26-24(25-20(33)14-30(4,5)15-22(25)38-28(26)31)19-12-7-8-13-21(19)37-16-23(34)32-27-17(2)10-9-11-18(27)3/h7-13,24H,6,14-16,31H2,1-5H3,(H,32,34). The lowest BCUT2D eigenvalue weighted by Crippen LogP contribution is -2.36. The summed E-state index contributed by atoms with van der Waals surface area (Å²) in [7, 11) is 0. The van der Waals surface area contributed by atoms with Crippen LogP contribution in [0.3, 0.4) is 0 Å². The molecule has 0 saturated heterocycles. The van der Waals surface area contributed by atoms with Crippen LogP contribution in [0, 0.1) is 19.3 Å². The molecule has 0 fully saturated rings. The number of anilines is 1. The van der Waals surface area contributed by atoms with Gasteiger partial charge in [-0.2, -0.15) is 0 Å². The molecule has 0 aromatic heterocycles. The number of rotatable bonds is 7. The van der Waals surface area contributed by atoms with Gasteiger partial charge in [-0.1, -0.05) is 50.2 Å². The number of nitrogens with one attached hydrogen (secondary N) is 1. The highest BCUT2D eigenvalue weighted by atomic mass is 16.5. The van der Waals surface area contributed by atoms with E-state index in [4.69, 9.17) is 19.9 Å². The maximum atomic E-state index is 13.4. The summed E-state index contributed by atoms with van der Waals surface area (Å²) in [4.78, 5) is 39.3. The molecule has 0 saturated carbocycles. The van der Waals surface area contributed by atoms with E-state index < -0.39 is 11.9 Å². The first kappa shape index (κ1) is 27.0. The first-order valence-electron chi connectivity index (χ1n) is 12.7. The Morgan fingerprint density at radius 1 is 1.08 bits per heavy atom. The molecule has 8 nitrogen and oxygen atoms in total. The molecule has 38 heavy (non-hydrogen) atoms. The number of ether oxygens (including phenoxy) is 3. The molecule has 0 bridgehead atoms. The van der Waals surface area contributed by atoms with Crippen LogP contribution in [0.4, 0.5) is 5.69 Å². The molecular weight excluding hydrogens is 484 g/mol. The lowest BCUT2D eigenvalue weighted by atomic mass is 9.70. The highest BCUT2D eigenvalue weighted by Crippen LogP contribution is 2.49. The Bertz CT molecular complexity index is 1330. The lowest BCUT2D eigenvalue weighted by molar-refractivity contribution is -0.139. The fourth-order valence-corrected chi connectivity index (χ4v) is 5.08. The summed E-state index contributed by atoms with van der Waals surface area (Å²) >= 11 is 0. The number of aryl methyl sites for hydroxylation is 2. The number of para-hydroxylation sites is 2. The molecule has 3 N–H and O–H groups in total. The molecule has 1 aliphatic carbocycles. The van der Waals surface area contributed by atoms with Crippen molar-refractivity contribution in [1.29, 1.82) is 0 Å². The van der Waals surface area contributed by atoms with Gasteiger partial charge >= 0.3 is 5.97 Å². The summed E-state index contributed by atoms with van der Waals surface area (Å²) in [5.74, 6) is -1.26. The molecule has 1 aliphatic heterocycles. The number of Topliss-reactive ketones (excluding diaryl/α,β-unsaturated/α-hetero) is 1. The van der Waals surface area contributed by atoms with Gasteiger partial charge < -0.3 is 25.3 Å². The third kappa shape index (κ3) is 5.44. The summed E-state index contributed by atoms with van der Waals surface area (Å²) in [6, 6.07) is 12.8. The fraction of sp³-hybridized carbons (Fsp3) is 0.367. The van der Waals surface area contributed by atoms with E-state index in [2.05, 4.69) is 5.32 Å². The van der Waals surface area contributed by atoms with Crippen molar-refractivity contribution >= 4 is 23.3 Å². The van der Waals surface area contributed by atoms with Crippen LogP contribution in [0.25, 0.3) is 0 Å². The van der Waals surface area contributed by atoms with Crippen molar-refractivity contribution in [1.82, 2.24) is 0 Å². The largest absolute Gasteiger partial charge is 0.483 e. The summed E-state index contributed by atoms with van der Waals surface area (Å²) in [5, 5.41) is 2.91. The monoisotopic (exact) mass is 518 g/mol. The topological polar surface area (TPSA) is 117 Å². The number of ketones is 1. The molecule has 1 atom stereocenters. The number of allylic oxidation sites excluding steroid dienone is 2. The van der Waals surface area contributed by atoms with Crippen molar-refractivity contribution in [3.05, 3.63) is 81.9 Å². The zero-order chi connectivity index (χ0) is 27.6. The van der Waals surface area contributed by atoms with Gasteiger partial charge in [0.05, 0.1) is 12.5 Å². The molecule has 0 radical (unpaired) electrons. The van der Waals surface area contributed by atoms with Gasteiger partial charge in [0.2, 0.25) is 5.88 Å². The molecular formula is C30H34N2O6. The van der Waals surface area contributed by atoms with E-state index in [0.29, 0.717) is 35.5 Å². The maximum absolute atomic E-state index is 13.4. The maximum Gasteiger partial charge on any atom is 0.340 e. The Labute approximate surface area is 222 Å². The van der Waals surface area contributed by atoms with E-state index in [0.717, 1.165) is 16.8 Å². The van der Waals surface area contributed by atoms with Crippen LogP contribution in [0.15, 0.2) is 65.3 Å². The number of carbonyl (C=O) groups excluding carboxylic acids is 3. The van der Waals surface area contributed by atoms with Crippen molar-refractivity contribution in [3.8, 4) is 5.75 Å². The second-order valence-corrected chi connectivity index (χ2v) is 10.5. The zero-order valence-corrected chi connectivity index (χ0v) is 22.5. The van der Waals surface area contributed by atoms with Crippen LogP contribution < -0.4 is 15.8 Å². The highest BCUT2D eigenvalue weighted by Gasteiger charge is 2.45. The normalized spacial score (nSPS) is 18.4. The number of hydrogen-bond acceptors (Lipinski definition) is 7. The molecule has 0 spiro atoms. The average Bonchev–Trinajstić information content (AvgIpc) is 2.83. The second kappa shape index (κ2) is 10.7. The number of esters is 1. The molecule has 1 heterocycles. The van der Waals surface area contributed by atoms with Gasteiger partial charge in [0.15, 0.2) is 12.4 Å². The number of amides is 1. The third-order valence-electron chi connectivity index (χ3n) is 6.78. The van der Waals surface area contributed by atoms with Crippen LogP contribution in [-0.2, 0) is 23.9 Å². The molecule has 8 heteroatoms. The Balaban J connectivity index is 1.70. The second-order valence-electron chi connectivity index (χ2n) is 10.5. The molecule has 200 valence electrons. The Morgan fingerprint density at radius 3 is 2.45 bits per heavy atom. The van der Waals surface area contributed by atoms with Gasteiger partial charge in [0.25, 0.3) is 5.91 Å². The summed E-state index contributed by atoms with van der Waals surface area (Å²) in [6.07, 6.45) is 0.783. The van der Waals surface area contributed by atoms with Gasteiger partial charge in [0.1, 0.15) is 17.1 Å². The number of hydrogen-bond donors (Lipinski definition) is 2. The molecule has 2 aromatic carbocycles. The molecule has 4 rings (SSSR count). The number of nitrogens with two attached hydrogens (primary N) is 1. The Hall–Kier alpha value is -4.07. The van der Waals surface area contributed by atoms with Gasteiger partial charge in [0, 0.05) is 29.7 Å². The number of benzene rings is 2. The molecule has 2 aromatic rings. The molecule has 1 amide bonds. The average molecular weight is 519 g/mol. The number of carbonyl (C=O) groups is 3. The summed E-state index contributed by atoms with van der Waals surface area (Å²) < 4.78 is 17.1. The van der Waals surface area contributed by atoms with Crippen molar-refractivity contribution in [3.63, 3.8) is 0 Å². The summed E-state index contributed by atoms with van der Waals surface area (Å²) in [6.45, 7) is 9.37. The first-order valence-corrected chi connectivity index (χ1v) is 12.7. The Kier molecular flexibility index (Phi) is 7.62. The third-order valence-corrected chi connectivity index (χ3v) is 6.78. The molecule has 2 aliphatic rings. The quantitative estimate of drug-likeness (QED) is 0.505. The van der Waals surface area contributed by atoms with Crippen molar-refractivity contribution < 1.29 is 28.6 Å². The zero-order valence-electron chi connectivity index (χ0n) is 22.5. The van der Waals surface area contributed by atoms with E-state index in [9.17, 15) is 14.4 Å². The lowest BCUT2D eigenvalue weighted by Gasteiger charge is -2.38. The minimum absolute atomic E-state index is 0.0506. The van der Waals surface area contributed by atoms with E-state index in [-0.39, 0.29) is 41.8 Å². The molecule has 1 unspecified atom stereocenters. The minimum atomic E-state index is -0.848. The van der Waals surface area contributed by atoms with Crippen LogP contribution in [-0.4, -0.2) is 30.9 Å². The smallest absolute Gasteiger partial charge is 0.340 e. The van der Waals surface area contributed by atoms with E-state index in [1.165, 1.54) is 0 Å². The Morgan fingerprint density at radius 2 is 1.76 bits per heavy atom. The summed E-state index contributed by atoms with van der Waals surface area (Å²) in [5.41, 5.74) is 9.54. The fourth-order valence-electron chi connectivity index (χ4n) is 5.08. The highest BCUT2D eigenvalue weighted by molar-refractivity contribution is 6.04. The van der Waals surface area contributed by atoms with E-state index in [1.54, 1.807) is 31.2 Å². The predicted molar refractivity (Wildman–Crippen MR) is 143 cm³/mol. The van der Waals surface area contributed by atoms with Crippen LogP contribution in [0.5, 0.6) is 5.75 Å². The van der Waals surface area contributed by atoms with Crippen molar-refractivity contribution in [2.75, 3.05) is 18.5 Å². The van der Waals surface area contributed by atoms with Crippen LogP contribution >= 0.6 is 0 Å². The van der Waals surface area contributed by atoms with Crippen molar-refractivity contribution in [2.45, 2.75) is 53.4 Å². The van der Waals surface area contributed by atoms with E-state index >= 15 is 0 Å². The van der Waals surface area contributed by atoms with Gasteiger partial charge in [-0.05, 0) is 43.4 Å². The van der Waals surface area contributed by atoms with Gasteiger partial charge in [-0.15, -0.1) is 0 Å². The van der Waals surface area contributed by atoms with E-state index in [1.807, 2.05) is 45.9 Å². The first-order chi connectivity index (χ1) is 18.0. The SMILES string of the molecule is CCOC(=O)C1=C(N)OC2=C(C(=O)CC(C)(C)C2)C1c1ccccc1OCC(=O)Nc1c(C)cccc1C. The minimum Gasteiger partial charge on any atom is -0.483 e. The van der Waals surface area contributed by atoms with Gasteiger partial charge in [-0.25, -0.2) is 4.79 Å². The van der Waals surface area contributed by atoms with Crippen molar-refractivity contribution in [2.24, 2.45) is 11.1 Å². The predicted octanol–water partition coefficient (Wildman–Crippen LogP) is 4.81. The van der Waals surface area contributed by atoms with Crippen LogP contribution in [0.1, 0.15) is 56.2 Å². The van der Waals surface area contributed by atoms with Gasteiger partial charge in [-0.3, -0.25) is 9.59 Å². The van der Waals surface area contributed by atoms with Crippen LogP contribution in [0.2, 0.25) is 0 Å².